The lowest BCUT2D eigenvalue weighted by atomic mass is 9.87. The number of nitrogens with one attached hydrogen (secondary N) is 1. The highest BCUT2D eigenvalue weighted by atomic mass is 16.5. The van der Waals surface area contributed by atoms with Gasteiger partial charge in [0.05, 0.1) is 0 Å². The minimum Gasteiger partial charge on any atom is -0.385 e. The number of benzene rings is 1. The van der Waals surface area contributed by atoms with Crippen molar-refractivity contribution in [1.29, 1.82) is 0 Å². The van der Waals surface area contributed by atoms with E-state index in [1.165, 1.54) is 11.1 Å². The first-order valence-corrected chi connectivity index (χ1v) is 6.75. The fourth-order valence-electron chi connectivity index (χ4n) is 1.81. The molecule has 1 N–H and O–H groups in total. The van der Waals surface area contributed by atoms with Gasteiger partial charge in [0.15, 0.2) is 0 Å². The van der Waals surface area contributed by atoms with Crippen molar-refractivity contribution in [1.82, 2.24) is 5.32 Å². The number of hydrogen-bond acceptors (Lipinski definition) is 2. The highest BCUT2D eigenvalue weighted by Gasteiger charge is 2.12. The van der Waals surface area contributed by atoms with Crippen molar-refractivity contribution in [3.63, 3.8) is 0 Å². The average molecular weight is 249 g/mol. The van der Waals surface area contributed by atoms with Crippen LogP contribution >= 0.6 is 0 Å². The van der Waals surface area contributed by atoms with Gasteiger partial charge in [0.2, 0.25) is 0 Å². The minimum atomic E-state index is 0.234. The summed E-state index contributed by atoms with van der Waals surface area (Å²) in [5, 5.41) is 3.51. The molecular formula is C16H27NO. The second-order valence-corrected chi connectivity index (χ2v) is 6.01. The molecule has 0 aliphatic rings. The smallest absolute Gasteiger partial charge is 0.0476 e. The van der Waals surface area contributed by atoms with E-state index in [1.807, 2.05) is 0 Å². The Morgan fingerprint density at radius 2 is 1.78 bits per heavy atom. The quantitative estimate of drug-likeness (QED) is 0.833. The zero-order valence-electron chi connectivity index (χ0n) is 12.4. The fourth-order valence-corrected chi connectivity index (χ4v) is 1.81. The van der Waals surface area contributed by atoms with Crippen molar-refractivity contribution in [2.75, 3.05) is 13.7 Å². The molecule has 2 nitrogen and oxygen atoms in total. The molecule has 0 saturated carbocycles. The van der Waals surface area contributed by atoms with Crippen molar-refractivity contribution >= 4 is 0 Å². The average Bonchev–Trinajstić information content (AvgIpc) is 2.33. The lowest BCUT2D eigenvalue weighted by molar-refractivity contribution is 0.184. The largest absolute Gasteiger partial charge is 0.385 e. The van der Waals surface area contributed by atoms with Crippen molar-refractivity contribution in [3.8, 4) is 0 Å². The predicted octanol–water partition coefficient (Wildman–Crippen LogP) is 3.50. The third kappa shape index (κ3) is 5.19. The van der Waals surface area contributed by atoms with Crippen LogP contribution in [-0.4, -0.2) is 19.8 Å². The van der Waals surface area contributed by atoms with E-state index in [0.29, 0.717) is 6.04 Å². The van der Waals surface area contributed by atoms with Crippen LogP contribution in [0.4, 0.5) is 0 Å². The highest BCUT2D eigenvalue weighted by Crippen LogP contribution is 2.22. The zero-order chi connectivity index (χ0) is 13.6. The van der Waals surface area contributed by atoms with Gasteiger partial charge < -0.3 is 10.1 Å². The Hall–Kier alpha value is -0.860. The van der Waals surface area contributed by atoms with Crippen molar-refractivity contribution in [3.05, 3.63) is 35.4 Å². The van der Waals surface area contributed by atoms with E-state index in [4.69, 9.17) is 4.74 Å². The van der Waals surface area contributed by atoms with Gasteiger partial charge in [-0.05, 0) is 29.9 Å². The summed E-state index contributed by atoms with van der Waals surface area (Å²) < 4.78 is 5.08. The topological polar surface area (TPSA) is 21.3 Å². The van der Waals surface area contributed by atoms with E-state index in [2.05, 4.69) is 57.3 Å². The molecule has 0 fully saturated rings. The molecule has 0 radical (unpaired) electrons. The molecule has 0 aliphatic carbocycles. The van der Waals surface area contributed by atoms with E-state index in [0.717, 1.165) is 19.6 Å². The predicted molar refractivity (Wildman–Crippen MR) is 77.9 cm³/mol. The van der Waals surface area contributed by atoms with Gasteiger partial charge in [-0.1, -0.05) is 45.0 Å². The second kappa shape index (κ2) is 6.91. The first-order chi connectivity index (χ1) is 8.43. The summed E-state index contributed by atoms with van der Waals surface area (Å²) in [4.78, 5) is 0. The number of rotatable bonds is 6. The van der Waals surface area contributed by atoms with Gasteiger partial charge >= 0.3 is 0 Å². The van der Waals surface area contributed by atoms with E-state index in [1.54, 1.807) is 7.11 Å². The van der Waals surface area contributed by atoms with Gasteiger partial charge in [0.25, 0.3) is 0 Å². The summed E-state index contributed by atoms with van der Waals surface area (Å²) in [6, 6.07) is 9.40. The summed E-state index contributed by atoms with van der Waals surface area (Å²) in [5.41, 5.74) is 2.96. The van der Waals surface area contributed by atoms with Crippen molar-refractivity contribution in [2.45, 2.75) is 52.1 Å². The molecule has 0 heterocycles. The molecule has 1 rings (SSSR count). The molecule has 0 aromatic heterocycles. The molecule has 1 aromatic rings. The first kappa shape index (κ1) is 15.2. The van der Waals surface area contributed by atoms with Crippen molar-refractivity contribution < 1.29 is 4.74 Å². The molecule has 1 aromatic carbocycles. The standard InChI is InChI=1S/C16H27NO/c1-13(10-11-18-5)17-12-14-6-8-15(9-7-14)16(2,3)4/h6-9,13,17H,10-12H2,1-5H3. The maximum atomic E-state index is 5.08. The Morgan fingerprint density at radius 3 is 2.28 bits per heavy atom. The minimum absolute atomic E-state index is 0.234. The van der Waals surface area contributed by atoms with Gasteiger partial charge in [0, 0.05) is 26.3 Å². The Kier molecular flexibility index (Phi) is 5.83. The summed E-state index contributed by atoms with van der Waals surface area (Å²) >= 11 is 0. The SMILES string of the molecule is COCCC(C)NCc1ccc(C(C)(C)C)cc1. The van der Waals surface area contributed by atoms with Crippen LogP contribution in [0.2, 0.25) is 0 Å². The Bertz CT molecular complexity index is 337. The van der Waals surface area contributed by atoms with Gasteiger partial charge in [-0.2, -0.15) is 0 Å². The van der Waals surface area contributed by atoms with E-state index < -0.39 is 0 Å². The molecule has 2 heteroatoms. The maximum absolute atomic E-state index is 5.08. The summed E-state index contributed by atoms with van der Waals surface area (Å²) in [5.74, 6) is 0. The maximum Gasteiger partial charge on any atom is 0.0476 e. The molecule has 1 atom stereocenters. The summed E-state index contributed by atoms with van der Waals surface area (Å²) in [6.45, 7) is 10.7. The lowest BCUT2D eigenvalue weighted by Crippen LogP contribution is -2.26. The van der Waals surface area contributed by atoms with Crippen LogP contribution in [-0.2, 0) is 16.7 Å². The highest BCUT2D eigenvalue weighted by molar-refractivity contribution is 5.27. The third-order valence-corrected chi connectivity index (χ3v) is 3.23. The summed E-state index contributed by atoms with van der Waals surface area (Å²) in [6.07, 6.45) is 1.05. The van der Waals surface area contributed by atoms with Crippen LogP contribution < -0.4 is 5.32 Å². The Balaban J connectivity index is 2.44. The first-order valence-electron chi connectivity index (χ1n) is 6.75. The third-order valence-electron chi connectivity index (χ3n) is 3.23. The summed E-state index contributed by atoms with van der Waals surface area (Å²) in [7, 11) is 1.75. The molecule has 0 spiro atoms. The zero-order valence-corrected chi connectivity index (χ0v) is 12.4. The van der Waals surface area contributed by atoms with E-state index in [-0.39, 0.29) is 5.41 Å². The van der Waals surface area contributed by atoms with Crippen LogP contribution in [0, 0.1) is 0 Å². The number of ether oxygens (including phenoxy) is 1. The monoisotopic (exact) mass is 249 g/mol. The van der Waals surface area contributed by atoms with Gasteiger partial charge in [-0.25, -0.2) is 0 Å². The van der Waals surface area contributed by atoms with Crippen LogP contribution in [0.3, 0.4) is 0 Å². The van der Waals surface area contributed by atoms with Crippen LogP contribution in [0.5, 0.6) is 0 Å². The van der Waals surface area contributed by atoms with E-state index in [9.17, 15) is 0 Å². The van der Waals surface area contributed by atoms with Crippen molar-refractivity contribution in [2.24, 2.45) is 0 Å². The molecule has 0 bridgehead atoms. The molecule has 102 valence electrons. The van der Waals surface area contributed by atoms with Gasteiger partial charge in [0.1, 0.15) is 0 Å². The molecule has 0 aliphatic heterocycles. The second-order valence-electron chi connectivity index (χ2n) is 6.01. The van der Waals surface area contributed by atoms with Gasteiger partial charge in [-0.15, -0.1) is 0 Å². The molecular weight excluding hydrogens is 222 g/mol. The Labute approximate surface area is 112 Å². The Morgan fingerprint density at radius 1 is 1.17 bits per heavy atom. The van der Waals surface area contributed by atoms with Gasteiger partial charge in [-0.3, -0.25) is 0 Å². The van der Waals surface area contributed by atoms with Crippen LogP contribution in [0.1, 0.15) is 45.2 Å². The van der Waals surface area contributed by atoms with Crippen LogP contribution in [0.15, 0.2) is 24.3 Å². The van der Waals surface area contributed by atoms with Crippen LogP contribution in [0.25, 0.3) is 0 Å². The molecule has 18 heavy (non-hydrogen) atoms. The molecule has 1 unspecified atom stereocenters. The number of methoxy groups -OCH3 is 1. The lowest BCUT2D eigenvalue weighted by Gasteiger charge is -2.19. The number of hydrogen-bond donors (Lipinski definition) is 1. The van der Waals surface area contributed by atoms with E-state index >= 15 is 0 Å². The fraction of sp³-hybridized carbons (Fsp3) is 0.625. The molecule has 0 saturated heterocycles. The normalized spacial score (nSPS) is 13.6. The molecule has 0 amide bonds.